The smallest absolute Gasteiger partial charge is 0.230 e. The Morgan fingerprint density at radius 3 is 2.63 bits per heavy atom. The predicted molar refractivity (Wildman–Crippen MR) is 109 cm³/mol. The second kappa shape index (κ2) is 7.16. The van der Waals surface area contributed by atoms with Gasteiger partial charge in [0.2, 0.25) is 5.91 Å². The van der Waals surface area contributed by atoms with Crippen molar-refractivity contribution in [2.24, 2.45) is 11.8 Å². The van der Waals surface area contributed by atoms with Crippen LogP contribution in [0.3, 0.4) is 0 Å². The van der Waals surface area contributed by atoms with E-state index < -0.39 is 0 Å². The molecule has 144 valence electrons. The molecule has 2 aliphatic heterocycles. The van der Waals surface area contributed by atoms with Gasteiger partial charge < -0.3 is 14.5 Å². The highest BCUT2D eigenvalue weighted by atomic mass is 16.5. The molecular weight excluding hydrogens is 336 g/mol. The summed E-state index contributed by atoms with van der Waals surface area (Å²) in [6.45, 7) is 7.40. The normalized spacial score (nSPS) is 26.8. The molecule has 2 heterocycles. The van der Waals surface area contributed by atoms with Crippen LogP contribution < -0.4 is 4.74 Å². The van der Waals surface area contributed by atoms with Crippen molar-refractivity contribution < 1.29 is 9.53 Å². The summed E-state index contributed by atoms with van der Waals surface area (Å²) in [6.07, 6.45) is 1.27. The Morgan fingerprint density at radius 1 is 1.11 bits per heavy atom. The first-order valence-electron chi connectivity index (χ1n) is 10.0. The lowest BCUT2D eigenvalue weighted by molar-refractivity contribution is -0.141. The van der Waals surface area contributed by atoms with Crippen LogP contribution in [0.4, 0.5) is 0 Å². The number of benzene rings is 2. The fraction of sp³-hybridized carbons (Fsp3) is 0.522. The first-order chi connectivity index (χ1) is 13.0. The van der Waals surface area contributed by atoms with E-state index in [-0.39, 0.29) is 11.8 Å². The molecular formula is C23H30N2O2. The summed E-state index contributed by atoms with van der Waals surface area (Å²) in [4.78, 5) is 17.9. The van der Waals surface area contributed by atoms with Crippen molar-refractivity contribution >= 4 is 16.7 Å². The number of amides is 1. The Kier molecular flexibility index (Phi) is 4.85. The van der Waals surface area contributed by atoms with Crippen LogP contribution in [0.5, 0.6) is 5.75 Å². The van der Waals surface area contributed by atoms with Crippen LogP contribution in [0, 0.1) is 11.8 Å². The Bertz CT molecular complexity index is 847. The molecule has 4 atom stereocenters. The molecule has 0 aromatic heterocycles. The first-order valence-corrected chi connectivity index (χ1v) is 10.0. The van der Waals surface area contributed by atoms with Gasteiger partial charge >= 0.3 is 0 Å². The molecule has 4 rings (SSSR count). The number of carbonyl (C=O) groups excluding carboxylic acids is 1. The Labute approximate surface area is 162 Å². The number of piperidine rings is 2. The van der Waals surface area contributed by atoms with Crippen molar-refractivity contribution in [1.29, 1.82) is 0 Å². The van der Waals surface area contributed by atoms with Gasteiger partial charge in [0.15, 0.2) is 0 Å². The van der Waals surface area contributed by atoms with E-state index in [1.807, 2.05) is 12.1 Å². The first kappa shape index (κ1) is 18.3. The number of carbonyl (C=O) groups is 1. The molecule has 2 fully saturated rings. The zero-order valence-electron chi connectivity index (χ0n) is 16.8. The molecule has 2 aromatic rings. The number of methoxy groups -OCH3 is 1. The molecule has 0 aliphatic carbocycles. The number of fused-ring (bicyclic) bond motifs is 3. The lowest BCUT2D eigenvalue weighted by Gasteiger charge is -2.49. The molecule has 0 radical (unpaired) electrons. The van der Waals surface area contributed by atoms with E-state index in [0.29, 0.717) is 17.9 Å². The van der Waals surface area contributed by atoms with Gasteiger partial charge in [-0.1, -0.05) is 24.3 Å². The van der Waals surface area contributed by atoms with Crippen molar-refractivity contribution in [3.63, 3.8) is 0 Å². The zero-order chi connectivity index (χ0) is 19.1. The topological polar surface area (TPSA) is 32.8 Å². The number of ether oxygens (including phenoxy) is 1. The highest BCUT2D eigenvalue weighted by Crippen LogP contribution is 2.35. The van der Waals surface area contributed by atoms with Gasteiger partial charge in [-0.15, -0.1) is 0 Å². The van der Waals surface area contributed by atoms with E-state index in [1.165, 1.54) is 6.42 Å². The second-order valence-corrected chi connectivity index (χ2v) is 8.51. The number of hydrogen-bond acceptors (Lipinski definition) is 3. The molecule has 1 unspecified atom stereocenters. The van der Waals surface area contributed by atoms with Gasteiger partial charge in [-0.05, 0) is 67.6 Å². The third kappa shape index (κ3) is 3.43. The minimum Gasteiger partial charge on any atom is -0.497 e. The predicted octanol–water partition coefficient (Wildman–Crippen LogP) is 3.75. The van der Waals surface area contributed by atoms with Crippen LogP contribution in [0.1, 0.15) is 31.7 Å². The lowest BCUT2D eigenvalue weighted by Crippen LogP contribution is -2.58. The SMILES string of the molecule is COc1ccc2cc([C@H](C)C(=O)N3CC4C[C@H](CN(C)C4)[C@H]3C)ccc2c1. The third-order valence-corrected chi connectivity index (χ3v) is 6.61. The van der Waals surface area contributed by atoms with Crippen LogP contribution in [0.15, 0.2) is 36.4 Å². The summed E-state index contributed by atoms with van der Waals surface area (Å²) < 4.78 is 5.31. The van der Waals surface area contributed by atoms with Crippen molar-refractivity contribution in [2.75, 3.05) is 33.8 Å². The molecule has 4 heteroatoms. The van der Waals surface area contributed by atoms with Crippen molar-refractivity contribution in [2.45, 2.75) is 32.2 Å². The standard InChI is InChI=1S/C23H30N2O2/c1-15(18-5-6-20-11-22(27-4)8-7-19(20)10-18)23(26)25-13-17-9-21(16(25)2)14-24(3)12-17/h5-8,10-11,15-17,21H,9,12-14H2,1-4H3/t15-,16+,17?,21+/m0/s1. The van der Waals surface area contributed by atoms with E-state index in [0.717, 1.165) is 41.7 Å². The van der Waals surface area contributed by atoms with E-state index in [1.54, 1.807) is 7.11 Å². The summed E-state index contributed by atoms with van der Waals surface area (Å²) in [6, 6.07) is 12.7. The third-order valence-electron chi connectivity index (χ3n) is 6.61. The highest BCUT2D eigenvalue weighted by Gasteiger charge is 2.40. The summed E-state index contributed by atoms with van der Waals surface area (Å²) in [5.41, 5.74) is 1.10. The van der Waals surface area contributed by atoms with Crippen LogP contribution in [0.2, 0.25) is 0 Å². The molecule has 0 N–H and O–H groups in total. The Hall–Kier alpha value is -2.07. The Morgan fingerprint density at radius 2 is 1.85 bits per heavy atom. The number of nitrogens with zero attached hydrogens (tertiary/aromatic N) is 2. The minimum atomic E-state index is -0.115. The minimum absolute atomic E-state index is 0.115. The molecule has 0 spiro atoms. The second-order valence-electron chi connectivity index (χ2n) is 8.51. The van der Waals surface area contributed by atoms with Gasteiger partial charge in [-0.3, -0.25) is 4.79 Å². The average Bonchev–Trinajstić information content (AvgIpc) is 2.68. The van der Waals surface area contributed by atoms with Gasteiger partial charge in [-0.2, -0.15) is 0 Å². The van der Waals surface area contributed by atoms with Crippen LogP contribution >= 0.6 is 0 Å². The quantitative estimate of drug-likeness (QED) is 0.829. The van der Waals surface area contributed by atoms with E-state index >= 15 is 0 Å². The van der Waals surface area contributed by atoms with Gasteiger partial charge in [0, 0.05) is 25.7 Å². The van der Waals surface area contributed by atoms with Gasteiger partial charge in [0.25, 0.3) is 0 Å². The molecule has 4 nitrogen and oxygen atoms in total. The molecule has 2 bridgehead atoms. The van der Waals surface area contributed by atoms with E-state index in [4.69, 9.17) is 4.74 Å². The van der Waals surface area contributed by atoms with Crippen LogP contribution in [0.25, 0.3) is 10.8 Å². The Balaban J connectivity index is 1.56. The largest absolute Gasteiger partial charge is 0.497 e. The maximum atomic E-state index is 13.4. The van der Waals surface area contributed by atoms with Crippen molar-refractivity contribution in [3.8, 4) is 5.75 Å². The summed E-state index contributed by atoms with van der Waals surface area (Å²) in [5.74, 6) is 2.23. The molecule has 0 saturated carbocycles. The molecule has 27 heavy (non-hydrogen) atoms. The number of hydrogen-bond donors (Lipinski definition) is 0. The highest BCUT2D eigenvalue weighted by molar-refractivity contribution is 5.88. The summed E-state index contributed by atoms with van der Waals surface area (Å²) in [5, 5.41) is 2.29. The van der Waals surface area contributed by atoms with Crippen LogP contribution in [-0.4, -0.2) is 55.5 Å². The number of likely N-dealkylation sites (tertiary alicyclic amines) is 2. The fourth-order valence-corrected chi connectivity index (χ4v) is 4.99. The van der Waals surface area contributed by atoms with Gasteiger partial charge in [0.05, 0.1) is 13.0 Å². The number of rotatable bonds is 3. The average molecular weight is 367 g/mol. The summed E-state index contributed by atoms with van der Waals surface area (Å²) in [7, 11) is 3.89. The molecule has 2 aromatic carbocycles. The van der Waals surface area contributed by atoms with E-state index in [2.05, 4.69) is 55.0 Å². The molecule has 2 aliphatic rings. The maximum Gasteiger partial charge on any atom is 0.230 e. The maximum absolute atomic E-state index is 13.4. The monoisotopic (exact) mass is 366 g/mol. The van der Waals surface area contributed by atoms with Gasteiger partial charge in [0.1, 0.15) is 5.75 Å². The van der Waals surface area contributed by atoms with Gasteiger partial charge in [-0.25, -0.2) is 0 Å². The lowest BCUT2D eigenvalue weighted by atomic mass is 9.79. The fourth-order valence-electron chi connectivity index (χ4n) is 4.99. The molecule has 2 saturated heterocycles. The van der Waals surface area contributed by atoms with Crippen molar-refractivity contribution in [3.05, 3.63) is 42.0 Å². The van der Waals surface area contributed by atoms with E-state index in [9.17, 15) is 4.79 Å². The van der Waals surface area contributed by atoms with Crippen molar-refractivity contribution in [1.82, 2.24) is 9.80 Å². The summed E-state index contributed by atoms with van der Waals surface area (Å²) >= 11 is 0. The molecule has 1 amide bonds. The zero-order valence-corrected chi connectivity index (χ0v) is 16.8. The van der Waals surface area contributed by atoms with Crippen LogP contribution in [-0.2, 0) is 4.79 Å².